The second kappa shape index (κ2) is 9.78. The molecule has 0 bridgehead atoms. The van der Waals surface area contributed by atoms with Gasteiger partial charge in [-0.05, 0) is 48.5 Å². The number of ketones is 1. The molecule has 4 rings (SSSR count). The third kappa shape index (κ3) is 5.07. The summed E-state index contributed by atoms with van der Waals surface area (Å²) in [5.41, 5.74) is 1.04. The normalized spacial score (nSPS) is 20.1. The topological polar surface area (TPSA) is 75.8 Å². The maximum absolute atomic E-state index is 13.3. The molecule has 2 saturated heterocycles. The Bertz CT molecular complexity index is 851. The molecular formula is C24H28O7. The van der Waals surface area contributed by atoms with Gasteiger partial charge in [0.1, 0.15) is 18.1 Å². The minimum atomic E-state index is -1.55. The Kier molecular flexibility index (Phi) is 6.87. The van der Waals surface area contributed by atoms with E-state index in [0.717, 1.165) is 26.1 Å². The Morgan fingerprint density at radius 1 is 0.935 bits per heavy atom. The van der Waals surface area contributed by atoms with Crippen LogP contribution in [0.4, 0.5) is 0 Å². The minimum Gasteiger partial charge on any atom is -0.493 e. The van der Waals surface area contributed by atoms with Gasteiger partial charge in [-0.2, -0.15) is 0 Å². The molecule has 2 heterocycles. The lowest BCUT2D eigenvalue weighted by Gasteiger charge is -2.30. The largest absolute Gasteiger partial charge is 0.493 e. The first-order chi connectivity index (χ1) is 15.1. The van der Waals surface area contributed by atoms with Gasteiger partial charge in [-0.1, -0.05) is 0 Å². The zero-order chi connectivity index (χ0) is 21.7. The molecule has 0 radical (unpaired) electrons. The van der Waals surface area contributed by atoms with Crippen LogP contribution in [0.5, 0.6) is 11.5 Å². The minimum absolute atomic E-state index is 0.160. The van der Waals surface area contributed by atoms with Gasteiger partial charge in [-0.25, -0.2) is 0 Å². The molecule has 0 amide bonds. The van der Waals surface area contributed by atoms with E-state index in [2.05, 4.69) is 0 Å². The lowest BCUT2D eigenvalue weighted by Crippen LogP contribution is -2.40. The monoisotopic (exact) mass is 428 g/mol. The summed E-state index contributed by atoms with van der Waals surface area (Å²) in [5, 5.41) is 0. The molecule has 0 spiro atoms. The first-order valence-corrected chi connectivity index (χ1v) is 10.5. The molecule has 31 heavy (non-hydrogen) atoms. The zero-order valence-corrected chi connectivity index (χ0v) is 17.9. The molecule has 7 nitrogen and oxygen atoms in total. The number of epoxide rings is 1. The average molecular weight is 428 g/mol. The van der Waals surface area contributed by atoms with Gasteiger partial charge in [-0.15, -0.1) is 0 Å². The third-order valence-electron chi connectivity index (χ3n) is 5.56. The first kappa shape index (κ1) is 21.8. The molecule has 2 aliphatic heterocycles. The van der Waals surface area contributed by atoms with Gasteiger partial charge >= 0.3 is 0 Å². The number of carbonyl (C=O) groups excluding carboxylic acids is 1. The summed E-state index contributed by atoms with van der Waals surface area (Å²) in [6, 6.07) is 14.1. The number of ether oxygens (including phenoxy) is 6. The van der Waals surface area contributed by atoms with Crippen LogP contribution >= 0.6 is 0 Å². The Hall–Kier alpha value is -2.45. The number of benzene rings is 2. The molecule has 2 aromatic carbocycles. The van der Waals surface area contributed by atoms with Gasteiger partial charge in [0.15, 0.2) is 0 Å². The Balaban J connectivity index is 1.43. The fraction of sp³-hybridized carbons (Fsp3) is 0.458. The summed E-state index contributed by atoms with van der Waals surface area (Å²) in [6.07, 6.45) is 2.37. The van der Waals surface area contributed by atoms with Gasteiger partial charge in [0.25, 0.3) is 5.79 Å². The van der Waals surface area contributed by atoms with Crippen molar-refractivity contribution in [1.29, 1.82) is 0 Å². The van der Waals surface area contributed by atoms with Crippen LogP contribution in [0.25, 0.3) is 0 Å². The van der Waals surface area contributed by atoms with E-state index in [9.17, 15) is 4.79 Å². The molecule has 2 aromatic rings. The standard InChI is InChI=1S/C24H28O7/c1-26-24(27-2,18-5-9-20(10-6-18)30-15-21-11-14-29-21)23(25)17-3-7-19(8-4-17)28-13-12-22-16-31-22/h3-10,21-22H,11-16H2,1-2H3. The molecule has 0 aliphatic carbocycles. The zero-order valence-electron chi connectivity index (χ0n) is 17.9. The maximum Gasteiger partial charge on any atom is 0.260 e. The maximum atomic E-state index is 13.3. The van der Waals surface area contributed by atoms with Crippen LogP contribution in [-0.2, 0) is 24.7 Å². The van der Waals surface area contributed by atoms with E-state index in [0.29, 0.717) is 41.9 Å². The molecule has 0 saturated carbocycles. The Morgan fingerprint density at radius 2 is 1.55 bits per heavy atom. The summed E-state index contributed by atoms with van der Waals surface area (Å²) in [7, 11) is 2.91. The second-order valence-corrected chi connectivity index (χ2v) is 7.59. The number of hydrogen-bond acceptors (Lipinski definition) is 7. The predicted molar refractivity (Wildman–Crippen MR) is 113 cm³/mol. The summed E-state index contributed by atoms with van der Waals surface area (Å²) >= 11 is 0. The molecule has 166 valence electrons. The van der Waals surface area contributed by atoms with Crippen molar-refractivity contribution in [2.75, 3.05) is 40.6 Å². The van der Waals surface area contributed by atoms with Crippen molar-refractivity contribution in [3.8, 4) is 11.5 Å². The van der Waals surface area contributed by atoms with Crippen LogP contribution in [0.15, 0.2) is 48.5 Å². The SMILES string of the molecule is COC(OC)(C(=O)c1ccc(OCCC2CO2)cc1)c1ccc(OCC2CCO2)cc1. The summed E-state index contributed by atoms with van der Waals surface area (Å²) in [5.74, 6) is -0.450. The van der Waals surface area contributed by atoms with Crippen molar-refractivity contribution >= 4 is 5.78 Å². The van der Waals surface area contributed by atoms with Gasteiger partial charge in [0.05, 0.1) is 25.4 Å². The molecule has 2 fully saturated rings. The highest BCUT2D eigenvalue weighted by atomic mass is 16.7. The van der Waals surface area contributed by atoms with Crippen molar-refractivity contribution < 1.29 is 33.2 Å². The lowest BCUT2D eigenvalue weighted by molar-refractivity contribution is -0.176. The quantitative estimate of drug-likeness (QED) is 0.292. The number of hydrogen-bond donors (Lipinski definition) is 0. The fourth-order valence-corrected chi connectivity index (χ4v) is 3.45. The molecule has 2 unspecified atom stereocenters. The lowest BCUT2D eigenvalue weighted by atomic mass is 9.95. The molecular weight excluding hydrogens is 400 g/mol. The highest BCUT2D eigenvalue weighted by molar-refractivity contribution is 6.02. The van der Waals surface area contributed by atoms with Crippen LogP contribution in [0.1, 0.15) is 28.8 Å². The van der Waals surface area contributed by atoms with Crippen LogP contribution in [0.3, 0.4) is 0 Å². The molecule has 2 aliphatic rings. The molecule has 2 atom stereocenters. The van der Waals surface area contributed by atoms with E-state index < -0.39 is 5.79 Å². The molecule has 0 aromatic heterocycles. The van der Waals surface area contributed by atoms with E-state index in [1.54, 1.807) is 48.5 Å². The van der Waals surface area contributed by atoms with Gasteiger partial charge < -0.3 is 28.4 Å². The number of methoxy groups -OCH3 is 2. The van der Waals surface area contributed by atoms with E-state index in [1.807, 2.05) is 0 Å². The van der Waals surface area contributed by atoms with Crippen molar-refractivity contribution in [2.24, 2.45) is 0 Å². The van der Waals surface area contributed by atoms with Crippen LogP contribution in [0, 0.1) is 0 Å². The van der Waals surface area contributed by atoms with Crippen LogP contribution in [0.2, 0.25) is 0 Å². The van der Waals surface area contributed by atoms with Crippen molar-refractivity contribution in [3.63, 3.8) is 0 Å². The smallest absolute Gasteiger partial charge is 0.260 e. The fourth-order valence-electron chi connectivity index (χ4n) is 3.45. The number of rotatable bonds is 12. The van der Waals surface area contributed by atoms with E-state index in [4.69, 9.17) is 28.4 Å². The van der Waals surface area contributed by atoms with Crippen LogP contribution in [-0.4, -0.2) is 58.6 Å². The van der Waals surface area contributed by atoms with Gasteiger partial charge in [0.2, 0.25) is 5.78 Å². The summed E-state index contributed by atoms with van der Waals surface area (Å²) in [6.45, 7) is 2.70. The Labute approximate surface area is 182 Å². The Morgan fingerprint density at radius 3 is 2.10 bits per heavy atom. The van der Waals surface area contributed by atoms with E-state index in [1.165, 1.54) is 14.2 Å². The number of Topliss-reactive ketones (excluding diaryl/α,β-unsaturated/α-hetero) is 1. The van der Waals surface area contributed by atoms with Crippen molar-refractivity contribution in [1.82, 2.24) is 0 Å². The molecule has 7 heteroatoms. The second-order valence-electron chi connectivity index (χ2n) is 7.59. The highest BCUT2D eigenvalue weighted by Gasteiger charge is 2.41. The highest BCUT2D eigenvalue weighted by Crippen LogP contribution is 2.32. The van der Waals surface area contributed by atoms with E-state index in [-0.39, 0.29) is 11.9 Å². The number of carbonyl (C=O) groups is 1. The van der Waals surface area contributed by atoms with Crippen LogP contribution < -0.4 is 9.47 Å². The summed E-state index contributed by atoms with van der Waals surface area (Å²) < 4.78 is 33.2. The van der Waals surface area contributed by atoms with Crippen molar-refractivity contribution in [2.45, 2.75) is 30.8 Å². The first-order valence-electron chi connectivity index (χ1n) is 10.5. The predicted octanol–water partition coefficient (Wildman–Crippen LogP) is 3.35. The van der Waals surface area contributed by atoms with Crippen molar-refractivity contribution in [3.05, 3.63) is 59.7 Å². The third-order valence-corrected chi connectivity index (χ3v) is 5.56. The average Bonchev–Trinajstić information content (AvgIpc) is 3.60. The van der Waals surface area contributed by atoms with Gasteiger partial charge in [0, 0.05) is 44.8 Å². The summed E-state index contributed by atoms with van der Waals surface area (Å²) in [4.78, 5) is 13.3. The van der Waals surface area contributed by atoms with E-state index >= 15 is 0 Å². The molecule has 0 N–H and O–H groups in total. The van der Waals surface area contributed by atoms with Gasteiger partial charge in [-0.3, -0.25) is 4.79 Å².